The maximum atomic E-state index is 12.5. The summed E-state index contributed by atoms with van der Waals surface area (Å²) < 4.78 is 0. The fraction of sp³-hybridized carbons (Fsp3) is 0.615. The van der Waals surface area contributed by atoms with E-state index < -0.39 is 0 Å². The summed E-state index contributed by atoms with van der Waals surface area (Å²) in [6, 6.07) is 2.44. The zero-order valence-electron chi connectivity index (χ0n) is 10.9. The van der Waals surface area contributed by atoms with Crippen molar-refractivity contribution >= 4 is 29.7 Å². The quantitative estimate of drug-likeness (QED) is 0.923. The predicted octanol–water partition coefficient (Wildman–Crippen LogP) is 2.56. The van der Waals surface area contributed by atoms with Crippen LogP contribution in [0.15, 0.2) is 11.4 Å². The molecule has 5 heteroatoms. The highest BCUT2D eigenvalue weighted by Crippen LogP contribution is 2.24. The Balaban J connectivity index is 0.00000162. The first kappa shape index (κ1) is 15.5. The van der Waals surface area contributed by atoms with Crippen molar-refractivity contribution in [2.75, 3.05) is 20.1 Å². The van der Waals surface area contributed by atoms with Crippen LogP contribution in [-0.2, 0) is 6.42 Å². The number of thiophene rings is 1. The lowest BCUT2D eigenvalue weighted by molar-refractivity contribution is 0.0741. The highest BCUT2D eigenvalue weighted by Gasteiger charge is 2.30. The molecule has 18 heavy (non-hydrogen) atoms. The average molecular weight is 289 g/mol. The van der Waals surface area contributed by atoms with Crippen molar-refractivity contribution in [3.8, 4) is 0 Å². The summed E-state index contributed by atoms with van der Waals surface area (Å²) in [5.41, 5.74) is 1.19. The number of rotatable bonds is 4. The highest BCUT2D eigenvalue weighted by atomic mass is 35.5. The molecule has 102 valence electrons. The molecule has 1 N–H and O–H groups in total. The zero-order chi connectivity index (χ0) is 12.3. The summed E-state index contributed by atoms with van der Waals surface area (Å²) in [5, 5.41) is 5.20. The highest BCUT2D eigenvalue weighted by molar-refractivity contribution is 7.12. The van der Waals surface area contributed by atoms with E-state index >= 15 is 0 Å². The molecule has 1 aromatic heterocycles. The Labute approximate surface area is 119 Å². The van der Waals surface area contributed by atoms with Crippen LogP contribution in [-0.4, -0.2) is 37.0 Å². The average Bonchev–Trinajstić information content (AvgIpc) is 2.96. The molecule has 0 radical (unpaired) electrons. The van der Waals surface area contributed by atoms with E-state index in [0.717, 1.165) is 37.2 Å². The third kappa shape index (κ3) is 3.05. The van der Waals surface area contributed by atoms with Crippen LogP contribution in [0, 0.1) is 0 Å². The maximum Gasteiger partial charge on any atom is 0.264 e. The van der Waals surface area contributed by atoms with E-state index in [0.29, 0.717) is 6.04 Å². The van der Waals surface area contributed by atoms with Crippen LogP contribution < -0.4 is 5.32 Å². The van der Waals surface area contributed by atoms with Crippen molar-refractivity contribution in [2.45, 2.75) is 32.2 Å². The molecule has 1 aliphatic heterocycles. The van der Waals surface area contributed by atoms with Crippen LogP contribution in [0.2, 0.25) is 0 Å². The Morgan fingerprint density at radius 3 is 3.06 bits per heavy atom. The number of halogens is 1. The Morgan fingerprint density at radius 2 is 2.39 bits per heavy atom. The summed E-state index contributed by atoms with van der Waals surface area (Å²) >= 11 is 1.58. The molecule has 0 bridgehead atoms. The number of likely N-dealkylation sites (tertiary alicyclic amines) is 1. The number of carbonyl (C=O) groups is 1. The molecule has 0 spiro atoms. The molecule has 2 rings (SSSR count). The Kier molecular flexibility index (Phi) is 6.12. The van der Waals surface area contributed by atoms with E-state index in [-0.39, 0.29) is 18.3 Å². The van der Waals surface area contributed by atoms with Crippen LogP contribution in [0.1, 0.15) is 35.0 Å². The molecule has 0 aromatic carbocycles. The number of nitrogens with one attached hydrogen (secondary N) is 1. The molecule has 1 aliphatic rings. The van der Waals surface area contributed by atoms with Crippen molar-refractivity contribution in [3.63, 3.8) is 0 Å². The van der Waals surface area contributed by atoms with Gasteiger partial charge < -0.3 is 10.2 Å². The third-order valence-corrected chi connectivity index (χ3v) is 4.34. The number of carbonyl (C=O) groups excluding carboxylic acids is 1. The van der Waals surface area contributed by atoms with Gasteiger partial charge in [-0.05, 0) is 43.3 Å². The molecule has 1 aromatic rings. The summed E-state index contributed by atoms with van der Waals surface area (Å²) in [6.07, 6.45) is 3.19. The number of aryl methyl sites for hydroxylation is 1. The van der Waals surface area contributed by atoms with Gasteiger partial charge in [-0.1, -0.05) is 6.92 Å². The number of nitrogens with zero attached hydrogens (tertiary/aromatic N) is 1. The van der Waals surface area contributed by atoms with Gasteiger partial charge in [-0.2, -0.15) is 0 Å². The Morgan fingerprint density at radius 1 is 1.61 bits per heavy atom. The van der Waals surface area contributed by atoms with Gasteiger partial charge in [0.15, 0.2) is 0 Å². The summed E-state index contributed by atoms with van der Waals surface area (Å²) in [6.45, 7) is 3.92. The lowest BCUT2D eigenvalue weighted by atomic mass is 10.1. The molecule has 3 nitrogen and oxygen atoms in total. The maximum absolute atomic E-state index is 12.5. The minimum absolute atomic E-state index is 0. The van der Waals surface area contributed by atoms with E-state index in [1.807, 2.05) is 17.3 Å². The van der Waals surface area contributed by atoms with Crippen molar-refractivity contribution < 1.29 is 4.79 Å². The molecule has 0 aliphatic carbocycles. The van der Waals surface area contributed by atoms with Crippen LogP contribution in [0.3, 0.4) is 0 Å². The normalized spacial score (nSPS) is 18.8. The van der Waals surface area contributed by atoms with Crippen LogP contribution in [0.5, 0.6) is 0 Å². The van der Waals surface area contributed by atoms with E-state index in [9.17, 15) is 4.79 Å². The first-order valence-corrected chi connectivity index (χ1v) is 7.17. The van der Waals surface area contributed by atoms with E-state index in [2.05, 4.69) is 18.3 Å². The van der Waals surface area contributed by atoms with Crippen LogP contribution in [0.25, 0.3) is 0 Å². The van der Waals surface area contributed by atoms with Gasteiger partial charge in [0.1, 0.15) is 0 Å². The van der Waals surface area contributed by atoms with E-state index in [1.54, 1.807) is 11.3 Å². The summed E-state index contributed by atoms with van der Waals surface area (Å²) in [5.74, 6) is 0.231. The Hall–Kier alpha value is -0.580. The Bertz CT molecular complexity index is 394. The molecule has 0 saturated carbocycles. The van der Waals surface area contributed by atoms with Gasteiger partial charge >= 0.3 is 0 Å². The van der Waals surface area contributed by atoms with Gasteiger partial charge in [0.2, 0.25) is 0 Å². The first-order chi connectivity index (χ1) is 8.27. The van der Waals surface area contributed by atoms with Crippen LogP contribution in [0.4, 0.5) is 0 Å². The smallest absolute Gasteiger partial charge is 0.264 e. The minimum Gasteiger partial charge on any atom is -0.334 e. The molecule has 1 atom stereocenters. The monoisotopic (exact) mass is 288 g/mol. The van der Waals surface area contributed by atoms with Gasteiger partial charge in [0.25, 0.3) is 5.91 Å². The molecule has 1 unspecified atom stereocenters. The zero-order valence-corrected chi connectivity index (χ0v) is 12.6. The molecular weight excluding hydrogens is 268 g/mol. The number of likely N-dealkylation sites (N-methyl/N-ethyl adjacent to an activating group) is 1. The standard InChI is InChI=1S/C13H20N2OS.ClH/c1-3-10-6-8-17-12(10)13(16)15-7-4-5-11(15)9-14-2;/h6,8,11,14H,3-5,7,9H2,1-2H3;1H. The SMILES string of the molecule is CCc1ccsc1C(=O)N1CCCC1CNC.Cl. The van der Waals surface area contributed by atoms with Crippen molar-refractivity contribution in [1.29, 1.82) is 0 Å². The third-order valence-electron chi connectivity index (χ3n) is 3.40. The second kappa shape index (κ2) is 7.12. The summed E-state index contributed by atoms with van der Waals surface area (Å²) in [4.78, 5) is 15.5. The van der Waals surface area contributed by atoms with Crippen LogP contribution >= 0.6 is 23.7 Å². The van der Waals surface area contributed by atoms with Gasteiger partial charge in [-0.25, -0.2) is 0 Å². The van der Waals surface area contributed by atoms with E-state index in [4.69, 9.17) is 0 Å². The van der Waals surface area contributed by atoms with E-state index in [1.165, 1.54) is 5.56 Å². The molecular formula is C13H21ClN2OS. The molecule has 1 saturated heterocycles. The van der Waals surface area contributed by atoms with Gasteiger partial charge in [0, 0.05) is 19.1 Å². The van der Waals surface area contributed by atoms with Gasteiger partial charge in [-0.15, -0.1) is 23.7 Å². The van der Waals surface area contributed by atoms with Crippen molar-refractivity contribution in [2.24, 2.45) is 0 Å². The second-order valence-electron chi connectivity index (χ2n) is 4.48. The fourth-order valence-electron chi connectivity index (χ4n) is 2.48. The number of hydrogen-bond acceptors (Lipinski definition) is 3. The molecule has 2 heterocycles. The second-order valence-corrected chi connectivity index (χ2v) is 5.40. The lowest BCUT2D eigenvalue weighted by Gasteiger charge is -2.24. The topological polar surface area (TPSA) is 32.3 Å². The fourth-order valence-corrected chi connectivity index (χ4v) is 3.43. The number of hydrogen-bond donors (Lipinski definition) is 1. The van der Waals surface area contributed by atoms with Crippen molar-refractivity contribution in [3.05, 3.63) is 21.9 Å². The number of amides is 1. The summed E-state index contributed by atoms with van der Waals surface area (Å²) in [7, 11) is 1.95. The molecule has 1 fully saturated rings. The first-order valence-electron chi connectivity index (χ1n) is 6.29. The van der Waals surface area contributed by atoms with Gasteiger partial charge in [0.05, 0.1) is 4.88 Å². The minimum atomic E-state index is 0. The van der Waals surface area contributed by atoms with Crippen molar-refractivity contribution in [1.82, 2.24) is 10.2 Å². The molecule has 1 amide bonds. The largest absolute Gasteiger partial charge is 0.334 e. The predicted molar refractivity (Wildman–Crippen MR) is 78.9 cm³/mol. The van der Waals surface area contributed by atoms with Gasteiger partial charge in [-0.3, -0.25) is 4.79 Å². The lowest BCUT2D eigenvalue weighted by Crippen LogP contribution is -2.40.